The molecular weight excluding hydrogens is 286 g/mol. The number of non-ortho nitro benzene ring substituents is 1. The minimum absolute atomic E-state index is 0.112. The fraction of sp³-hybridized carbons (Fsp3) is 0.133. The van der Waals surface area contributed by atoms with E-state index < -0.39 is 17.0 Å². The number of aliphatic hydroxyl groups is 1. The Balaban J connectivity index is 2.03. The molecule has 0 saturated heterocycles. The van der Waals surface area contributed by atoms with E-state index in [2.05, 4.69) is 10.6 Å². The maximum absolute atomic E-state index is 11.9. The summed E-state index contributed by atoms with van der Waals surface area (Å²) in [5.41, 5.74) is 0.954. The molecular formula is C15H15N3O4. The number of hydrogen-bond donors (Lipinski definition) is 3. The van der Waals surface area contributed by atoms with Crippen molar-refractivity contribution in [2.24, 2.45) is 0 Å². The van der Waals surface area contributed by atoms with E-state index in [1.165, 1.54) is 18.2 Å². The van der Waals surface area contributed by atoms with E-state index in [1.807, 2.05) is 6.07 Å². The summed E-state index contributed by atoms with van der Waals surface area (Å²) in [5, 5.41) is 25.2. The van der Waals surface area contributed by atoms with Gasteiger partial charge < -0.3 is 15.7 Å². The summed E-state index contributed by atoms with van der Waals surface area (Å²) < 4.78 is 0. The Morgan fingerprint density at radius 1 is 1.18 bits per heavy atom. The maximum atomic E-state index is 11.9. The molecule has 0 saturated carbocycles. The first kappa shape index (κ1) is 15.5. The first-order chi connectivity index (χ1) is 10.6. The number of nitro groups is 1. The normalized spacial score (nSPS) is 11.5. The first-order valence-electron chi connectivity index (χ1n) is 6.58. The second-order valence-corrected chi connectivity index (χ2v) is 4.55. The minimum atomic E-state index is -0.556. The molecule has 22 heavy (non-hydrogen) atoms. The molecule has 0 aliphatic rings. The van der Waals surface area contributed by atoms with E-state index in [9.17, 15) is 20.0 Å². The summed E-state index contributed by atoms with van der Waals surface area (Å²) in [6.07, 6.45) is 0. The van der Waals surface area contributed by atoms with Gasteiger partial charge in [-0.3, -0.25) is 10.1 Å². The number of hydrogen-bond acceptors (Lipinski definition) is 4. The van der Waals surface area contributed by atoms with Gasteiger partial charge >= 0.3 is 6.03 Å². The third-order valence-electron chi connectivity index (χ3n) is 3.00. The number of amides is 2. The lowest BCUT2D eigenvalue weighted by Crippen LogP contribution is -2.34. The molecule has 0 heterocycles. The largest absolute Gasteiger partial charge is 0.394 e. The van der Waals surface area contributed by atoms with Crippen molar-refractivity contribution in [2.45, 2.75) is 6.04 Å². The molecule has 0 spiro atoms. The molecule has 0 fully saturated rings. The summed E-state index contributed by atoms with van der Waals surface area (Å²) in [5.74, 6) is 0. The lowest BCUT2D eigenvalue weighted by atomic mass is 10.1. The third kappa shape index (κ3) is 4.03. The number of aliphatic hydroxyl groups excluding tert-OH is 1. The first-order valence-corrected chi connectivity index (χ1v) is 6.58. The van der Waals surface area contributed by atoms with Crippen molar-refractivity contribution in [1.82, 2.24) is 5.32 Å². The molecule has 114 valence electrons. The molecule has 2 rings (SSSR count). The second kappa shape index (κ2) is 7.19. The van der Waals surface area contributed by atoms with Gasteiger partial charge in [0, 0.05) is 17.8 Å². The fourth-order valence-electron chi connectivity index (χ4n) is 1.94. The Kier molecular flexibility index (Phi) is 5.05. The minimum Gasteiger partial charge on any atom is -0.394 e. The van der Waals surface area contributed by atoms with Crippen molar-refractivity contribution in [2.75, 3.05) is 11.9 Å². The average Bonchev–Trinajstić information content (AvgIpc) is 2.53. The third-order valence-corrected chi connectivity index (χ3v) is 3.00. The molecule has 0 radical (unpaired) electrons. The zero-order valence-corrected chi connectivity index (χ0v) is 11.6. The molecule has 1 atom stereocenters. The van der Waals surface area contributed by atoms with Crippen LogP contribution in [0.1, 0.15) is 11.6 Å². The molecule has 2 aromatic rings. The van der Waals surface area contributed by atoms with E-state index in [0.29, 0.717) is 5.69 Å². The summed E-state index contributed by atoms with van der Waals surface area (Å²) in [4.78, 5) is 22.1. The van der Waals surface area contributed by atoms with E-state index in [4.69, 9.17) is 0 Å². The predicted octanol–water partition coefficient (Wildman–Crippen LogP) is 2.45. The van der Waals surface area contributed by atoms with Gasteiger partial charge in [0.05, 0.1) is 17.6 Å². The standard InChI is InChI=1S/C15H15N3O4/c19-10-14(11-5-2-1-3-6-11)17-15(20)16-12-7-4-8-13(9-12)18(21)22/h1-9,14,19H,10H2,(H2,16,17,20). The Labute approximate surface area is 126 Å². The molecule has 1 unspecified atom stereocenters. The zero-order chi connectivity index (χ0) is 15.9. The highest BCUT2D eigenvalue weighted by Crippen LogP contribution is 2.17. The molecule has 0 aliphatic carbocycles. The van der Waals surface area contributed by atoms with Crippen molar-refractivity contribution < 1.29 is 14.8 Å². The van der Waals surface area contributed by atoms with Gasteiger partial charge in [-0.1, -0.05) is 36.4 Å². The number of benzene rings is 2. The monoisotopic (exact) mass is 301 g/mol. The summed E-state index contributed by atoms with van der Waals surface area (Å²) in [6, 6.07) is 13.5. The van der Waals surface area contributed by atoms with Gasteiger partial charge in [0.25, 0.3) is 5.69 Å². The van der Waals surface area contributed by atoms with Crippen molar-refractivity contribution in [3.05, 3.63) is 70.3 Å². The van der Waals surface area contributed by atoms with Gasteiger partial charge in [-0.25, -0.2) is 4.79 Å². The van der Waals surface area contributed by atoms with E-state index >= 15 is 0 Å². The van der Waals surface area contributed by atoms with Crippen LogP contribution >= 0.6 is 0 Å². The van der Waals surface area contributed by atoms with Gasteiger partial charge in [0.15, 0.2) is 0 Å². The van der Waals surface area contributed by atoms with Crippen LogP contribution in [0.5, 0.6) is 0 Å². The maximum Gasteiger partial charge on any atom is 0.319 e. The molecule has 3 N–H and O–H groups in total. The van der Waals surface area contributed by atoms with Gasteiger partial charge in [-0.15, -0.1) is 0 Å². The van der Waals surface area contributed by atoms with Crippen LogP contribution in [0.25, 0.3) is 0 Å². The van der Waals surface area contributed by atoms with Crippen LogP contribution in [0, 0.1) is 10.1 Å². The van der Waals surface area contributed by atoms with Crippen LogP contribution in [-0.2, 0) is 0 Å². The Morgan fingerprint density at radius 2 is 1.91 bits per heavy atom. The highest BCUT2D eigenvalue weighted by Gasteiger charge is 2.14. The summed E-state index contributed by atoms with van der Waals surface area (Å²) in [6.45, 7) is -0.258. The number of rotatable bonds is 5. The Bertz CT molecular complexity index is 661. The lowest BCUT2D eigenvalue weighted by Gasteiger charge is -2.17. The lowest BCUT2D eigenvalue weighted by molar-refractivity contribution is -0.384. The Morgan fingerprint density at radius 3 is 2.55 bits per heavy atom. The average molecular weight is 301 g/mol. The van der Waals surface area contributed by atoms with Crippen molar-refractivity contribution >= 4 is 17.4 Å². The van der Waals surface area contributed by atoms with Crippen molar-refractivity contribution in [3.63, 3.8) is 0 Å². The van der Waals surface area contributed by atoms with Gasteiger partial charge in [0.1, 0.15) is 0 Å². The number of carbonyl (C=O) groups is 1. The van der Waals surface area contributed by atoms with Crippen LogP contribution in [0.4, 0.5) is 16.2 Å². The molecule has 7 heteroatoms. The number of nitro benzene ring substituents is 1. The summed E-state index contributed by atoms with van der Waals surface area (Å²) in [7, 11) is 0. The molecule has 7 nitrogen and oxygen atoms in total. The topological polar surface area (TPSA) is 104 Å². The van der Waals surface area contributed by atoms with E-state index in [-0.39, 0.29) is 12.3 Å². The van der Waals surface area contributed by atoms with Crippen LogP contribution in [0.2, 0.25) is 0 Å². The highest BCUT2D eigenvalue weighted by atomic mass is 16.6. The van der Waals surface area contributed by atoms with Gasteiger partial charge in [0.2, 0.25) is 0 Å². The predicted molar refractivity (Wildman–Crippen MR) is 81.5 cm³/mol. The quantitative estimate of drug-likeness (QED) is 0.582. The number of anilines is 1. The Hall–Kier alpha value is -2.93. The van der Waals surface area contributed by atoms with Crippen molar-refractivity contribution in [3.8, 4) is 0 Å². The van der Waals surface area contributed by atoms with E-state index in [1.54, 1.807) is 30.3 Å². The van der Waals surface area contributed by atoms with Crippen LogP contribution < -0.4 is 10.6 Å². The molecule has 2 amide bonds. The number of carbonyl (C=O) groups excluding carboxylic acids is 1. The smallest absolute Gasteiger partial charge is 0.319 e. The van der Waals surface area contributed by atoms with E-state index in [0.717, 1.165) is 5.56 Å². The number of nitrogens with zero attached hydrogens (tertiary/aromatic N) is 1. The molecule has 2 aromatic carbocycles. The van der Waals surface area contributed by atoms with Crippen LogP contribution in [0.3, 0.4) is 0 Å². The van der Waals surface area contributed by atoms with Gasteiger partial charge in [-0.05, 0) is 11.6 Å². The highest BCUT2D eigenvalue weighted by molar-refractivity contribution is 5.89. The molecule has 0 bridgehead atoms. The molecule has 0 aromatic heterocycles. The SMILES string of the molecule is O=C(Nc1cccc([N+](=O)[O-])c1)NC(CO)c1ccccc1. The van der Waals surface area contributed by atoms with Gasteiger partial charge in [-0.2, -0.15) is 0 Å². The van der Waals surface area contributed by atoms with Crippen molar-refractivity contribution in [1.29, 1.82) is 0 Å². The zero-order valence-electron chi connectivity index (χ0n) is 11.6. The molecule has 0 aliphatic heterocycles. The van der Waals surface area contributed by atoms with Crippen LogP contribution in [-0.4, -0.2) is 22.7 Å². The fourth-order valence-corrected chi connectivity index (χ4v) is 1.94. The van der Waals surface area contributed by atoms with Crippen LogP contribution in [0.15, 0.2) is 54.6 Å². The summed E-state index contributed by atoms with van der Waals surface area (Å²) >= 11 is 0. The number of urea groups is 1. The second-order valence-electron chi connectivity index (χ2n) is 4.55. The number of nitrogens with one attached hydrogen (secondary N) is 2.